The largest absolute Gasteiger partial charge is 0.495 e. The van der Waals surface area contributed by atoms with Gasteiger partial charge in [-0.2, -0.15) is 0 Å². The first-order valence-corrected chi connectivity index (χ1v) is 9.58. The number of benzene rings is 2. The molecule has 0 atom stereocenters. The summed E-state index contributed by atoms with van der Waals surface area (Å²) in [5, 5.41) is 3.22. The molecule has 8 heteroatoms. The zero-order valence-corrected chi connectivity index (χ0v) is 17.0. The van der Waals surface area contributed by atoms with Crippen molar-refractivity contribution in [1.29, 1.82) is 0 Å². The summed E-state index contributed by atoms with van der Waals surface area (Å²) in [6, 6.07) is 8.67. The zero-order valence-electron chi connectivity index (χ0n) is 16.2. The van der Waals surface area contributed by atoms with Gasteiger partial charge in [0, 0.05) is 30.6 Å². The van der Waals surface area contributed by atoms with Crippen LogP contribution in [0.3, 0.4) is 0 Å². The van der Waals surface area contributed by atoms with Crippen LogP contribution in [0.4, 0.5) is 10.1 Å². The summed E-state index contributed by atoms with van der Waals surface area (Å²) in [5.41, 5.74) is 0.903. The van der Waals surface area contributed by atoms with Crippen molar-refractivity contribution in [3.05, 3.63) is 52.8 Å². The first kappa shape index (κ1) is 20.9. The molecule has 0 aromatic heterocycles. The van der Waals surface area contributed by atoms with Gasteiger partial charge in [0.1, 0.15) is 17.3 Å². The van der Waals surface area contributed by atoms with Crippen LogP contribution in [0.15, 0.2) is 36.4 Å². The highest BCUT2D eigenvalue weighted by molar-refractivity contribution is 6.32. The summed E-state index contributed by atoms with van der Waals surface area (Å²) in [5.74, 6) is -0.0348. The van der Waals surface area contributed by atoms with E-state index in [0.717, 1.165) is 0 Å². The van der Waals surface area contributed by atoms with Crippen LogP contribution in [0, 0.1) is 11.7 Å². The number of nitrogens with one attached hydrogen (secondary N) is 1. The van der Waals surface area contributed by atoms with E-state index in [-0.39, 0.29) is 23.5 Å². The predicted octanol–water partition coefficient (Wildman–Crippen LogP) is 3.99. The second kappa shape index (κ2) is 9.13. The molecule has 0 unspecified atom stereocenters. The van der Waals surface area contributed by atoms with Gasteiger partial charge in [0.2, 0.25) is 5.91 Å². The van der Waals surface area contributed by atoms with Gasteiger partial charge in [-0.3, -0.25) is 9.59 Å². The summed E-state index contributed by atoms with van der Waals surface area (Å²) >= 11 is 6.15. The summed E-state index contributed by atoms with van der Waals surface area (Å²) in [6.45, 7) is 0.906. The van der Waals surface area contributed by atoms with Crippen LogP contribution in [-0.4, -0.2) is 44.0 Å². The van der Waals surface area contributed by atoms with E-state index in [2.05, 4.69) is 5.32 Å². The first-order valence-electron chi connectivity index (χ1n) is 9.20. The highest BCUT2D eigenvalue weighted by Crippen LogP contribution is 2.36. The molecule has 0 bridgehead atoms. The topological polar surface area (TPSA) is 67.9 Å². The highest BCUT2D eigenvalue weighted by Gasteiger charge is 2.28. The van der Waals surface area contributed by atoms with Gasteiger partial charge in [-0.25, -0.2) is 4.39 Å². The molecule has 1 N–H and O–H groups in total. The Bertz CT molecular complexity index is 896. The van der Waals surface area contributed by atoms with Crippen molar-refractivity contribution < 1.29 is 23.5 Å². The van der Waals surface area contributed by atoms with Gasteiger partial charge in [-0.05, 0) is 43.2 Å². The quantitative estimate of drug-likeness (QED) is 0.794. The molecule has 0 spiro atoms. The van der Waals surface area contributed by atoms with E-state index in [0.29, 0.717) is 53.7 Å². The van der Waals surface area contributed by atoms with Crippen molar-refractivity contribution in [2.75, 3.05) is 32.6 Å². The van der Waals surface area contributed by atoms with E-state index in [4.69, 9.17) is 21.1 Å². The maximum atomic E-state index is 13.0. The molecule has 1 aliphatic heterocycles. The van der Waals surface area contributed by atoms with Gasteiger partial charge < -0.3 is 19.7 Å². The Morgan fingerprint density at radius 2 is 1.69 bits per heavy atom. The number of hydrogen-bond donors (Lipinski definition) is 1. The minimum Gasteiger partial charge on any atom is -0.495 e. The molecule has 1 fully saturated rings. The number of halogens is 2. The number of nitrogens with zero attached hydrogens (tertiary/aromatic N) is 1. The number of rotatable bonds is 5. The molecular weight excluding hydrogens is 399 g/mol. The fourth-order valence-corrected chi connectivity index (χ4v) is 3.55. The zero-order chi connectivity index (χ0) is 21.0. The van der Waals surface area contributed by atoms with Gasteiger partial charge in [-0.15, -0.1) is 0 Å². The van der Waals surface area contributed by atoms with Gasteiger partial charge in [-0.1, -0.05) is 11.6 Å². The number of likely N-dealkylation sites (tertiary alicyclic amines) is 1. The van der Waals surface area contributed by atoms with Crippen molar-refractivity contribution in [3.8, 4) is 11.5 Å². The maximum Gasteiger partial charge on any atom is 0.253 e. The van der Waals surface area contributed by atoms with E-state index >= 15 is 0 Å². The van der Waals surface area contributed by atoms with Crippen LogP contribution in [-0.2, 0) is 4.79 Å². The van der Waals surface area contributed by atoms with Gasteiger partial charge >= 0.3 is 0 Å². The molecule has 0 saturated carbocycles. The minimum atomic E-state index is -0.383. The van der Waals surface area contributed by atoms with Crippen molar-refractivity contribution >= 4 is 29.1 Å². The summed E-state index contributed by atoms with van der Waals surface area (Å²) in [6.07, 6.45) is 1.07. The minimum absolute atomic E-state index is 0.154. The molecule has 6 nitrogen and oxygen atoms in total. The number of carbonyl (C=O) groups is 2. The SMILES string of the molecule is COc1cc(OC)c(NC(=O)C2CCN(C(=O)c3ccc(F)cc3)CC2)cc1Cl. The average Bonchev–Trinajstić information content (AvgIpc) is 2.74. The lowest BCUT2D eigenvalue weighted by atomic mass is 9.95. The molecule has 2 aromatic carbocycles. The monoisotopic (exact) mass is 420 g/mol. The maximum absolute atomic E-state index is 13.0. The van der Waals surface area contributed by atoms with Crippen LogP contribution < -0.4 is 14.8 Å². The van der Waals surface area contributed by atoms with E-state index in [1.165, 1.54) is 38.5 Å². The van der Waals surface area contributed by atoms with Crippen molar-refractivity contribution in [2.24, 2.45) is 5.92 Å². The molecule has 0 radical (unpaired) electrons. The Balaban J connectivity index is 1.61. The normalized spacial score (nSPS) is 14.4. The molecule has 2 amide bonds. The molecule has 29 heavy (non-hydrogen) atoms. The van der Waals surface area contributed by atoms with Crippen molar-refractivity contribution in [3.63, 3.8) is 0 Å². The number of carbonyl (C=O) groups excluding carboxylic acids is 2. The summed E-state index contributed by atoms with van der Waals surface area (Å²) < 4.78 is 23.5. The van der Waals surface area contributed by atoms with E-state index in [9.17, 15) is 14.0 Å². The number of anilines is 1. The number of methoxy groups -OCH3 is 2. The Morgan fingerprint density at radius 3 is 2.28 bits per heavy atom. The summed E-state index contributed by atoms with van der Waals surface area (Å²) in [7, 11) is 3.00. The first-order chi connectivity index (χ1) is 13.9. The molecule has 3 rings (SSSR count). The third kappa shape index (κ3) is 4.79. The fraction of sp³-hybridized carbons (Fsp3) is 0.333. The van der Waals surface area contributed by atoms with E-state index in [1.807, 2.05) is 0 Å². The van der Waals surface area contributed by atoms with Gasteiger partial charge in [0.25, 0.3) is 5.91 Å². The lowest BCUT2D eigenvalue weighted by molar-refractivity contribution is -0.121. The standard InChI is InChI=1S/C21H22ClFN2O4/c1-28-18-12-19(29-2)17(11-16(18)22)24-20(26)13-7-9-25(10-8-13)21(27)14-3-5-15(23)6-4-14/h3-6,11-13H,7-10H2,1-2H3,(H,24,26). The predicted molar refractivity (Wildman–Crippen MR) is 108 cm³/mol. The molecule has 154 valence electrons. The number of ether oxygens (including phenoxy) is 2. The van der Waals surface area contributed by atoms with Crippen molar-refractivity contribution in [2.45, 2.75) is 12.8 Å². The second-order valence-electron chi connectivity index (χ2n) is 6.75. The molecule has 0 aliphatic carbocycles. The molecule has 1 heterocycles. The number of hydrogen-bond acceptors (Lipinski definition) is 4. The van der Waals surface area contributed by atoms with Gasteiger partial charge in [0.05, 0.1) is 24.9 Å². The van der Waals surface area contributed by atoms with Crippen LogP contribution >= 0.6 is 11.6 Å². The molecular formula is C21H22ClFN2O4. The number of amides is 2. The smallest absolute Gasteiger partial charge is 0.253 e. The summed E-state index contributed by atoms with van der Waals surface area (Å²) in [4.78, 5) is 26.9. The van der Waals surface area contributed by atoms with E-state index in [1.54, 1.807) is 17.0 Å². The third-order valence-electron chi connectivity index (χ3n) is 4.98. The average molecular weight is 421 g/mol. The van der Waals surface area contributed by atoms with Crippen LogP contribution in [0.25, 0.3) is 0 Å². The van der Waals surface area contributed by atoms with Crippen LogP contribution in [0.2, 0.25) is 5.02 Å². The van der Waals surface area contributed by atoms with Crippen LogP contribution in [0.1, 0.15) is 23.2 Å². The Hall–Kier alpha value is -2.80. The lowest BCUT2D eigenvalue weighted by Gasteiger charge is -2.31. The number of piperidine rings is 1. The fourth-order valence-electron chi connectivity index (χ4n) is 3.31. The second-order valence-corrected chi connectivity index (χ2v) is 7.16. The molecule has 1 aliphatic rings. The van der Waals surface area contributed by atoms with Gasteiger partial charge in [0.15, 0.2) is 0 Å². The third-order valence-corrected chi connectivity index (χ3v) is 5.27. The van der Waals surface area contributed by atoms with E-state index < -0.39 is 0 Å². The van der Waals surface area contributed by atoms with Crippen molar-refractivity contribution in [1.82, 2.24) is 4.90 Å². The lowest BCUT2D eigenvalue weighted by Crippen LogP contribution is -2.41. The highest BCUT2D eigenvalue weighted by atomic mass is 35.5. The molecule has 2 aromatic rings. The van der Waals surface area contributed by atoms with Crippen LogP contribution in [0.5, 0.6) is 11.5 Å². The Labute approximate surface area is 173 Å². The Morgan fingerprint density at radius 1 is 1.07 bits per heavy atom. The molecule has 1 saturated heterocycles. The Kier molecular flexibility index (Phi) is 6.59.